The molecule has 0 atom stereocenters. The van der Waals surface area contributed by atoms with Crippen LogP contribution < -0.4 is 21.3 Å². The van der Waals surface area contributed by atoms with Crippen molar-refractivity contribution < 1.29 is 4.74 Å². The molecule has 1 fully saturated rings. The molecule has 0 amide bonds. The van der Waals surface area contributed by atoms with Crippen molar-refractivity contribution in [3.63, 3.8) is 0 Å². The van der Waals surface area contributed by atoms with E-state index in [-0.39, 0.29) is 11.5 Å². The fourth-order valence-electron chi connectivity index (χ4n) is 4.24. The third-order valence-electron chi connectivity index (χ3n) is 6.02. The summed E-state index contributed by atoms with van der Waals surface area (Å²) in [5, 5.41) is 4.55. The zero-order valence-corrected chi connectivity index (χ0v) is 19.0. The molecule has 0 spiro atoms. The number of hydrogen-bond donors (Lipinski definition) is 3. The third kappa shape index (κ3) is 4.69. The van der Waals surface area contributed by atoms with Gasteiger partial charge in [0.05, 0.1) is 11.1 Å². The van der Waals surface area contributed by atoms with E-state index >= 15 is 0 Å². The van der Waals surface area contributed by atoms with Gasteiger partial charge < -0.3 is 20.8 Å². The molecule has 4 N–H and O–H groups in total. The summed E-state index contributed by atoms with van der Waals surface area (Å²) >= 11 is 0. The number of pyridine rings is 2. The predicted molar refractivity (Wildman–Crippen MR) is 133 cm³/mol. The van der Waals surface area contributed by atoms with E-state index in [2.05, 4.69) is 25.2 Å². The van der Waals surface area contributed by atoms with Crippen molar-refractivity contribution in [3.8, 4) is 17.0 Å². The monoisotopic (exact) mass is 457 g/mol. The largest absolute Gasteiger partial charge is 0.492 e. The number of aryl methyl sites for hydroxylation is 1. The summed E-state index contributed by atoms with van der Waals surface area (Å²) in [5.74, 6) is 1.50. The van der Waals surface area contributed by atoms with E-state index in [9.17, 15) is 4.79 Å². The van der Waals surface area contributed by atoms with Crippen molar-refractivity contribution in [1.82, 2.24) is 24.8 Å². The lowest BCUT2D eigenvalue weighted by molar-refractivity contribution is 0.237. The Morgan fingerprint density at radius 2 is 1.94 bits per heavy atom. The van der Waals surface area contributed by atoms with Crippen molar-refractivity contribution in [3.05, 3.63) is 64.8 Å². The molecular formula is C25H27N7O2. The van der Waals surface area contributed by atoms with Crippen LogP contribution in [0.4, 0.5) is 17.5 Å². The quantitative estimate of drug-likeness (QED) is 0.386. The number of H-pyrrole nitrogens is 1. The molecule has 0 aliphatic carbocycles. The minimum absolute atomic E-state index is 0.192. The van der Waals surface area contributed by atoms with Crippen LogP contribution in [0.2, 0.25) is 0 Å². The van der Waals surface area contributed by atoms with Crippen molar-refractivity contribution in [1.29, 1.82) is 0 Å². The fourth-order valence-corrected chi connectivity index (χ4v) is 4.24. The first-order valence-electron chi connectivity index (χ1n) is 11.4. The molecular weight excluding hydrogens is 430 g/mol. The van der Waals surface area contributed by atoms with Crippen LogP contribution in [0.5, 0.6) is 5.75 Å². The standard InChI is InChI=1S/C25H27N7O2/c1-16-12-19(4-5-21(16)34-11-10-32-8-2-3-9-32)30-23-22-17(6-7-27-24(22)33)13-20(31-23)18-14-28-25(26)29-15-18/h4-7,12-15H,2-3,8-11H2,1H3,(H,27,33)(H,30,31)(H2,26,28,29). The number of anilines is 3. The van der Waals surface area contributed by atoms with Crippen molar-refractivity contribution >= 4 is 28.2 Å². The number of fused-ring (bicyclic) bond motifs is 1. The van der Waals surface area contributed by atoms with Gasteiger partial charge in [-0.25, -0.2) is 15.0 Å². The number of ether oxygens (including phenoxy) is 1. The molecule has 9 heteroatoms. The van der Waals surface area contributed by atoms with E-state index < -0.39 is 0 Å². The van der Waals surface area contributed by atoms with Gasteiger partial charge in [-0.1, -0.05) is 0 Å². The van der Waals surface area contributed by atoms with E-state index in [0.29, 0.717) is 29.1 Å². The van der Waals surface area contributed by atoms with Gasteiger partial charge in [0.1, 0.15) is 18.2 Å². The van der Waals surface area contributed by atoms with E-state index in [1.54, 1.807) is 18.6 Å². The molecule has 4 heterocycles. The maximum absolute atomic E-state index is 12.6. The van der Waals surface area contributed by atoms with Crippen molar-refractivity contribution in [2.24, 2.45) is 0 Å². The number of benzene rings is 1. The number of nitrogen functional groups attached to an aromatic ring is 1. The molecule has 1 aromatic carbocycles. The minimum Gasteiger partial charge on any atom is -0.492 e. The van der Waals surface area contributed by atoms with Gasteiger partial charge in [-0.3, -0.25) is 9.69 Å². The second-order valence-electron chi connectivity index (χ2n) is 8.46. The van der Waals surface area contributed by atoms with Gasteiger partial charge in [-0.05, 0) is 74.1 Å². The molecule has 0 bridgehead atoms. The maximum atomic E-state index is 12.6. The van der Waals surface area contributed by atoms with Gasteiger partial charge in [0.2, 0.25) is 5.95 Å². The van der Waals surface area contributed by atoms with Gasteiger partial charge >= 0.3 is 0 Å². The smallest absolute Gasteiger partial charge is 0.259 e. The number of nitrogens with zero attached hydrogens (tertiary/aromatic N) is 4. The molecule has 0 saturated carbocycles. The van der Waals surface area contributed by atoms with Gasteiger partial charge in [0.25, 0.3) is 5.56 Å². The Labute approximate surface area is 197 Å². The Morgan fingerprint density at radius 1 is 1.15 bits per heavy atom. The Morgan fingerprint density at radius 3 is 2.71 bits per heavy atom. The number of likely N-dealkylation sites (tertiary alicyclic amines) is 1. The Hall–Kier alpha value is -3.98. The third-order valence-corrected chi connectivity index (χ3v) is 6.02. The minimum atomic E-state index is -0.216. The molecule has 5 rings (SSSR count). The molecule has 4 aromatic rings. The van der Waals surface area contributed by atoms with Crippen LogP contribution in [0.3, 0.4) is 0 Å². The summed E-state index contributed by atoms with van der Waals surface area (Å²) in [4.78, 5) is 30.6. The zero-order valence-electron chi connectivity index (χ0n) is 19.0. The first-order chi connectivity index (χ1) is 16.6. The second-order valence-corrected chi connectivity index (χ2v) is 8.46. The maximum Gasteiger partial charge on any atom is 0.259 e. The fraction of sp³-hybridized carbons (Fsp3) is 0.280. The summed E-state index contributed by atoms with van der Waals surface area (Å²) in [5.41, 5.74) is 8.57. The number of rotatable bonds is 7. The average molecular weight is 458 g/mol. The van der Waals surface area contributed by atoms with Crippen molar-refractivity contribution in [2.45, 2.75) is 19.8 Å². The zero-order chi connectivity index (χ0) is 23.5. The Bertz CT molecular complexity index is 1360. The summed E-state index contributed by atoms with van der Waals surface area (Å²) in [6.45, 7) is 5.94. The molecule has 1 aliphatic rings. The average Bonchev–Trinajstić information content (AvgIpc) is 3.34. The van der Waals surface area contributed by atoms with E-state index in [1.807, 2.05) is 37.3 Å². The summed E-state index contributed by atoms with van der Waals surface area (Å²) in [6, 6.07) is 9.56. The highest BCUT2D eigenvalue weighted by atomic mass is 16.5. The van der Waals surface area contributed by atoms with Crippen LogP contribution in [0.1, 0.15) is 18.4 Å². The van der Waals surface area contributed by atoms with Crippen LogP contribution in [0, 0.1) is 6.92 Å². The highest BCUT2D eigenvalue weighted by Crippen LogP contribution is 2.29. The molecule has 9 nitrogen and oxygen atoms in total. The number of nitrogens with one attached hydrogen (secondary N) is 2. The van der Waals surface area contributed by atoms with Crippen LogP contribution >= 0.6 is 0 Å². The van der Waals surface area contributed by atoms with Crippen LogP contribution in [0.15, 0.2) is 53.7 Å². The van der Waals surface area contributed by atoms with Gasteiger partial charge in [0, 0.05) is 36.4 Å². The first kappa shape index (κ1) is 21.8. The van der Waals surface area contributed by atoms with Gasteiger partial charge in [-0.15, -0.1) is 0 Å². The van der Waals surface area contributed by atoms with Crippen LogP contribution in [-0.4, -0.2) is 51.1 Å². The van der Waals surface area contributed by atoms with Gasteiger partial charge in [-0.2, -0.15) is 0 Å². The molecule has 174 valence electrons. The molecule has 34 heavy (non-hydrogen) atoms. The molecule has 3 aromatic heterocycles. The van der Waals surface area contributed by atoms with E-state index in [4.69, 9.17) is 15.5 Å². The summed E-state index contributed by atoms with van der Waals surface area (Å²) in [7, 11) is 0. The lowest BCUT2D eigenvalue weighted by atomic mass is 10.1. The molecule has 1 aliphatic heterocycles. The Balaban J connectivity index is 1.41. The van der Waals surface area contributed by atoms with Crippen LogP contribution in [-0.2, 0) is 0 Å². The molecule has 0 radical (unpaired) electrons. The first-order valence-corrected chi connectivity index (χ1v) is 11.4. The van der Waals surface area contributed by atoms with E-state index in [0.717, 1.165) is 42.0 Å². The summed E-state index contributed by atoms with van der Waals surface area (Å²) < 4.78 is 6.02. The topological polar surface area (TPSA) is 122 Å². The molecule has 0 unspecified atom stereocenters. The lowest BCUT2D eigenvalue weighted by Crippen LogP contribution is -2.25. The lowest BCUT2D eigenvalue weighted by Gasteiger charge is -2.16. The highest BCUT2D eigenvalue weighted by molar-refractivity contribution is 5.95. The Kier molecular flexibility index (Phi) is 6.09. The SMILES string of the molecule is Cc1cc(Nc2nc(-c3cnc(N)nc3)cc3cc[nH]c(=O)c23)ccc1OCCN1CCCC1. The normalized spacial score (nSPS) is 13.9. The number of nitrogens with two attached hydrogens (primary N) is 1. The number of hydrogen-bond acceptors (Lipinski definition) is 8. The number of aromatic amines is 1. The van der Waals surface area contributed by atoms with E-state index in [1.165, 1.54) is 12.8 Å². The van der Waals surface area contributed by atoms with Gasteiger partial charge in [0.15, 0.2) is 0 Å². The number of aromatic nitrogens is 4. The predicted octanol–water partition coefficient (Wildman–Crippen LogP) is 3.49. The second kappa shape index (κ2) is 9.48. The summed E-state index contributed by atoms with van der Waals surface area (Å²) in [6.07, 6.45) is 7.41. The van der Waals surface area contributed by atoms with Crippen molar-refractivity contribution in [2.75, 3.05) is 37.3 Å². The molecule has 1 saturated heterocycles. The van der Waals surface area contributed by atoms with Crippen LogP contribution in [0.25, 0.3) is 22.0 Å². The highest BCUT2D eigenvalue weighted by Gasteiger charge is 2.14.